The maximum atomic E-state index is 5.14. The van der Waals surface area contributed by atoms with Crippen molar-refractivity contribution in [3.05, 3.63) is 36.5 Å². The van der Waals surface area contributed by atoms with Gasteiger partial charge in [0.25, 0.3) is 0 Å². The normalized spacial score (nSPS) is 10.2. The Labute approximate surface area is 126 Å². The average molecular weight is 286 g/mol. The number of rotatable bonds is 7. The molecule has 0 fully saturated rings. The third-order valence-corrected chi connectivity index (χ3v) is 3.23. The van der Waals surface area contributed by atoms with Crippen LogP contribution in [0.5, 0.6) is 5.75 Å². The highest BCUT2D eigenvalue weighted by atomic mass is 16.5. The number of aromatic nitrogens is 2. The number of unbranched alkanes of at least 4 members (excludes halogenated alkanes) is 1. The van der Waals surface area contributed by atoms with E-state index >= 15 is 0 Å². The Bertz CT molecular complexity index is 556. The van der Waals surface area contributed by atoms with Gasteiger partial charge >= 0.3 is 0 Å². The van der Waals surface area contributed by atoms with Gasteiger partial charge < -0.3 is 15.0 Å². The van der Waals surface area contributed by atoms with Crippen molar-refractivity contribution in [2.24, 2.45) is 0 Å². The number of methoxy groups -OCH3 is 1. The first-order valence-corrected chi connectivity index (χ1v) is 7.18. The topological polar surface area (TPSA) is 50.3 Å². The highest BCUT2D eigenvalue weighted by Crippen LogP contribution is 2.19. The van der Waals surface area contributed by atoms with E-state index in [4.69, 9.17) is 4.74 Å². The standard InChI is InChI=1S/C16H22N4O/c1-4-5-12-20(2)15-10-11-17-16(19-15)18-13-6-8-14(21-3)9-7-13/h6-11H,4-5,12H2,1-3H3,(H,17,18,19). The molecule has 0 aliphatic rings. The molecule has 112 valence electrons. The fourth-order valence-corrected chi connectivity index (χ4v) is 1.94. The van der Waals surface area contributed by atoms with Crippen molar-refractivity contribution < 1.29 is 4.74 Å². The fraction of sp³-hybridized carbons (Fsp3) is 0.375. The molecular formula is C16H22N4O. The summed E-state index contributed by atoms with van der Waals surface area (Å²) in [5, 5.41) is 3.20. The number of hydrogen-bond donors (Lipinski definition) is 1. The van der Waals surface area contributed by atoms with E-state index in [2.05, 4.69) is 34.2 Å². The molecule has 0 saturated heterocycles. The summed E-state index contributed by atoms with van der Waals surface area (Å²) >= 11 is 0. The van der Waals surface area contributed by atoms with E-state index < -0.39 is 0 Å². The highest BCUT2D eigenvalue weighted by molar-refractivity contribution is 5.56. The van der Waals surface area contributed by atoms with Gasteiger partial charge in [-0.05, 0) is 36.8 Å². The summed E-state index contributed by atoms with van der Waals surface area (Å²) in [5.74, 6) is 2.35. The molecule has 0 spiro atoms. The zero-order valence-corrected chi connectivity index (χ0v) is 12.8. The van der Waals surface area contributed by atoms with E-state index in [0.29, 0.717) is 5.95 Å². The lowest BCUT2D eigenvalue weighted by Gasteiger charge is -2.18. The first kappa shape index (κ1) is 15.1. The monoisotopic (exact) mass is 286 g/mol. The molecule has 2 aromatic rings. The largest absolute Gasteiger partial charge is 0.497 e. The van der Waals surface area contributed by atoms with Crippen LogP contribution in [0.2, 0.25) is 0 Å². The molecule has 0 aliphatic carbocycles. The Morgan fingerprint density at radius 1 is 1.19 bits per heavy atom. The third-order valence-electron chi connectivity index (χ3n) is 3.23. The molecule has 1 heterocycles. The Morgan fingerprint density at radius 2 is 1.95 bits per heavy atom. The van der Waals surface area contributed by atoms with E-state index in [1.165, 1.54) is 6.42 Å². The summed E-state index contributed by atoms with van der Waals surface area (Å²) in [4.78, 5) is 10.9. The van der Waals surface area contributed by atoms with Crippen LogP contribution in [0.15, 0.2) is 36.5 Å². The Balaban J connectivity index is 2.06. The number of ether oxygens (including phenoxy) is 1. The molecule has 1 aromatic carbocycles. The van der Waals surface area contributed by atoms with E-state index in [9.17, 15) is 0 Å². The van der Waals surface area contributed by atoms with Gasteiger partial charge in [-0.2, -0.15) is 4.98 Å². The van der Waals surface area contributed by atoms with E-state index in [0.717, 1.165) is 30.2 Å². The second kappa shape index (κ2) is 7.47. The molecule has 2 rings (SSSR count). The van der Waals surface area contributed by atoms with Gasteiger partial charge in [0.05, 0.1) is 7.11 Å². The molecule has 0 unspecified atom stereocenters. The van der Waals surface area contributed by atoms with Gasteiger partial charge in [0.2, 0.25) is 5.95 Å². The van der Waals surface area contributed by atoms with Crippen LogP contribution >= 0.6 is 0 Å². The van der Waals surface area contributed by atoms with Crippen LogP contribution in [0.3, 0.4) is 0 Å². The molecule has 1 aromatic heterocycles. The fourth-order valence-electron chi connectivity index (χ4n) is 1.94. The molecule has 0 aliphatic heterocycles. The van der Waals surface area contributed by atoms with E-state index in [-0.39, 0.29) is 0 Å². The Hall–Kier alpha value is -2.30. The molecule has 1 N–H and O–H groups in total. The molecule has 0 bridgehead atoms. The first-order chi connectivity index (χ1) is 10.2. The van der Waals surface area contributed by atoms with Crippen LogP contribution in [0.25, 0.3) is 0 Å². The second-order valence-corrected chi connectivity index (χ2v) is 4.87. The zero-order valence-electron chi connectivity index (χ0n) is 12.8. The summed E-state index contributed by atoms with van der Waals surface area (Å²) in [6.07, 6.45) is 4.10. The summed E-state index contributed by atoms with van der Waals surface area (Å²) in [6, 6.07) is 9.61. The number of nitrogens with one attached hydrogen (secondary N) is 1. The summed E-state index contributed by atoms with van der Waals surface area (Å²) < 4.78 is 5.14. The summed E-state index contributed by atoms with van der Waals surface area (Å²) in [5.41, 5.74) is 0.934. The van der Waals surface area contributed by atoms with Gasteiger partial charge in [-0.15, -0.1) is 0 Å². The van der Waals surface area contributed by atoms with Crippen molar-refractivity contribution in [3.8, 4) is 5.75 Å². The highest BCUT2D eigenvalue weighted by Gasteiger charge is 2.04. The van der Waals surface area contributed by atoms with Crippen LogP contribution in [0, 0.1) is 0 Å². The molecule has 5 nitrogen and oxygen atoms in total. The quantitative estimate of drug-likeness (QED) is 0.844. The minimum absolute atomic E-state index is 0.598. The predicted molar refractivity (Wildman–Crippen MR) is 86.5 cm³/mol. The number of anilines is 3. The Morgan fingerprint density at radius 3 is 2.62 bits per heavy atom. The van der Waals surface area contributed by atoms with Crippen molar-refractivity contribution >= 4 is 17.5 Å². The van der Waals surface area contributed by atoms with Crippen molar-refractivity contribution in [1.82, 2.24) is 9.97 Å². The van der Waals surface area contributed by atoms with Crippen molar-refractivity contribution in [3.63, 3.8) is 0 Å². The lowest BCUT2D eigenvalue weighted by molar-refractivity contribution is 0.415. The predicted octanol–water partition coefficient (Wildman–Crippen LogP) is 3.47. The number of nitrogens with zero attached hydrogens (tertiary/aromatic N) is 3. The van der Waals surface area contributed by atoms with Gasteiger partial charge in [-0.1, -0.05) is 13.3 Å². The van der Waals surface area contributed by atoms with Gasteiger partial charge in [0.1, 0.15) is 11.6 Å². The molecular weight excluding hydrogens is 264 g/mol. The Kier molecular flexibility index (Phi) is 5.37. The van der Waals surface area contributed by atoms with Crippen LogP contribution in [0.1, 0.15) is 19.8 Å². The number of benzene rings is 1. The van der Waals surface area contributed by atoms with Crippen molar-refractivity contribution in [1.29, 1.82) is 0 Å². The maximum Gasteiger partial charge on any atom is 0.229 e. The zero-order chi connectivity index (χ0) is 15.1. The lowest BCUT2D eigenvalue weighted by atomic mass is 10.3. The minimum Gasteiger partial charge on any atom is -0.497 e. The van der Waals surface area contributed by atoms with Crippen LogP contribution in [-0.2, 0) is 0 Å². The molecule has 0 radical (unpaired) electrons. The summed E-state index contributed by atoms with van der Waals surface area (Å²) in [7, 11) is 3.70. The van der Waals surface area contributed by atoms with Crippen molar-refractivity contribution in [2.45, 2.75) is 19.8 Å². The van der Waals surface area contributed by atoms with Gasteiger partial charge in [0, 0.05) is 25.5 Å². The average Bonchev–Trinajstić information content (AvgIpc) is 2.53. The smallest absolute Gasteiger partial charge is 0.229 e. The van der Waals surface area contributed by atoms with Gasteiger partial charge in [0.15, 0.2) is 0 Å². The first-order valence-electron chi connectivity index (χ1n) is 7.18. The van der Waals surface area contributed by atoms with E-state index in [1.807, 2.05) is 30.3 Å². The third kappa shape index (κ3) is 4.34. The lowest BCUT2D eigenvalue weighted by Crippen LogP contribution is -2.19. The SMILES string of the molecule is CCCCN(C)c1ccnc(Nc2ccc(OC)cc2)n1. The van der Waals surface area contributed by atoms with Crippen LogP contribution in [0.4, 0.5) is 17.5 Å². The second-order valence-electron chi connectivity index (χ2n) is 4.87. The number of hydrogen-bond acceptors (Lipinski definition) is 5. The van der Waals surface area contributed by atoms with Crippen molar-refractivity contribution in [2.75, 3.05) is 30.9 Å². The molecule has 21 heavy (non-hydrogen) atoms. The van der Waals surface area contributed by atoms with Gasteiger partial charge in [-0.25, -0.2) is 4.98 Å². The molecule has 0 saturated carbocycles. The maximum absolute atomic E-state index is 5.14. The van der Waals surface area contributed by atoms with E-state index in [1.54, 1.807) is 13.3 Å². The van der Waals surface area contributed by atoms with Crippen LogP contribution < -0.4 is 15.0 Å². The molecule has 0 atom stereocenters. The molecule has 5 heteroatoms. The van der Waals surface area contributed by atoms with Gasteiger partial charge in [-0.3, -0.25) is 0 Å². The summed E-state index contributed by atoms with van der Waals surface area (Å²) in [6.45, 7) is 3.18. The minimum atomic E-state index is 0.598. The van der Waals surface area contributed by atoms with Crippen LogP contribution in [-0.4, -0.2) is 30.7 Å². The molecule has 0 amide bonds.